The predicted octanol–water partition coefficient (Wildman–Crippen LogP) is 2.03. The van der Waals surface area contributed by atoms with Gasteiger partial charge >= 0.3 is 6.18 Å². The van der Waals surface area contributed by atoms with Crippen LogP contribution in [0.3, 0.4) is 0 Å². The molecule has 110 valence electrons. The normalized spacial score (nSPS) is 19.4. The molecule has 1 unspecified atom stereocenters. The Morgan fingerprint density at radius 3 is 2.70 bits per heavy atom. The minimum Gasteiger partial charge on any atom is -0.391 e. The smallest absolute Gasteiger partial charge is 0.391 e. The summed E-state index contributed by atoms with van der Waals surface area (Å²) in [6.07, 6.45) is -3.16. The number of hydrogen-bond acceptors (Lipinski definition) is 4. The molecule has 1 aliphatic rings. The van der Waals surface area contributed by atoms with Crippen LogP contribution in [0.1, 0.15) is 22.5 Å². The van der Waals surface area contributed by atoms with Crippen molar-refractivity contribution in [1.82, 2.24) is 9.88 Å². The van der Waals surface area contributed by atoms with Gasteiger partial charge in [-0.3, -0.25) is 4.79 Å². The van der Waals surface area contributed by atoms with Gasteiger partial charge in [0.05, 0.1) is 11.1 Å². The average molecular weight is 306 g/mol. The molecule has 0 radical (unpaired) electrons. The standard InChI is InChI=1S/C12H13F3N2O2S/c1-20-10-5-7(4-9(16-10)12(13,14)15)11(19)17-3-2-8(18)6-17/h4-5,8,18H,2-3,6H2,1H3. The Bertz CT molecular complexity index is 522. The molecule has 20 heavy (non-hydrogen) atoms. The molecule has 8 heteroatoms. The molecule has 0 spiro atoms. The molecule has 4 nitrogen and oxygen atoms in total. The Balaban J connectivity index is 2.33. The van der Waals surface area contributed by atoms with E-state index in [1.807, 2.05) is 0 Å². The highest BCUT2D eigenvalue weighted by Gasteiger charge is 2.34. The highest BCUT2D eigenvalue weighted by atomic mass is 32.2. The number of β-amino-alcohol motifs (C(OH)–C–C–N with tert-alkyl or cyclic N) is 1. The predicted molar refractivity (Wildman–Crippen MR) is 67.5 cm³/mol. The minimum atomic E-state index is -4.59. The number of nitrogens with zero attached hydrogens (tertiary/aromatic N) is 2. The SMILES string of the molecule is CSc1cc(C(=O)N2CCC(O)C2)cc(C(F)(F)F)n1. The first kappa shape index (κ1) is 15.1. The Labute approximate surface area is 118 Å². The molecule has 1 aromatic heterocycles. The topological polar surface area (TPSA) is 53.4 Å². The Morgan fingerprint density at radius 1 is 1.50 bits per heavy atom. The van der Waals surface area contributed by atoms with Crippen molar-refractivity contribution in [3.8, 4) is 0 Å². The fourth-order valence-electron chi connectivity index (χ4n) is 1.99. The molecule has 0 saturated carbocycles. The molecule has 1 aliphatic heterocycles. The summed E-state index contributed by atoms with van der Waals surface area (Å²) in [5.74, 6) is -0.509. The summed E-state index contributed by atoms with van der Waals surface area (Å²) in [7, 11) is 0. The lowest BCUT2D eigenvalue weighted by molar-refractivity contribution is -0.141. The number of aliphatic hydroxyl groups is 1. The quantitative estimate of drug-likeness (QED) is 0.850. The Hall–Kier alpha value is -1.28. The van der Waals surface area contributed by atoms with Gasteiger partial charge in [-0.15, -0.1) is 11.8 Å². The van der Waals surface area contributed by atoms with Crippen molar-refractivity contribution >= 4 is 17.7 Å². The van der Waals surface area contributed by atoms with Crippen LogP contribution in [-0.2, 0) is 6.18 Å². The number of thioether (sulfide) groups is 1. The summed E-state index contributed by atoms with van der Waals surface area (Å²) in [5.41, 5.74) is -1.13. The number of pyridine rings is 1. The second kappa shape index (κ2) is 5.61. The molecule has 1 amide bonds. The molecule has 0 aliphatic carbocycles. The fraction of sp³-hybridized carbons (Fsp3) is 0.500. The molecule has 1 saturated heterocycles. The van der Waals surface area contributed by atoms with Gasteiger partial charge in [0.2, 0.25) is 0 Å². The highest BCUT2D eigenvalue weighted by molar-refractivity contribution is 7.98. The summed E-state index contributed by atoms with van der Waals surface area (Å²) in [4.78, 5) is 17.0. The Kier molecular flexibility index (Phi) is 4.24. The third-order valence-electron chi connectivity index (χ3n) is 3.00. The third-order valence-corrected chi connectivity index (χ3v) is 3.63. The maximum absolute atomic E-state index is 12.8. The van der Waals surface area contributed by atoms with Crippen LogP contribution in [0.4, 0.5) is 13.2 Å². The molecule has 2 heterocycles. The van der Waals surface area contributed by atoms with Gasteiger partial charge in [0.1, 0.15) is 5.69 Å². The van der Waals surface area contributed by atoms with Gasteiger partial charge in [0, 0.05) is 18.7 Å². The summed E-state index contributed by atoms with van der Waals surface area (Å²) < 4.78 is 38.3. The van der Waals surface area contributed by atoms with Gasteiger partial charge in [0.25, 0.3) is 5.91 Å². The van der Waals surface area contributed by atoms with Crippen LogP contribution in [0.2, 0.25) is 0 Å². The number of carbonyl (C=O) groups excluding carboxylic acids is 1. The third kappa shape index (κ3) is 3.24. The number of alkyl halides is 3. The van der Waals surface area contributed by atoms with Crippen molar-refractivity contribution in [1.29, 1.82) is 0 Å². The van der Waals surface area contributed by atoms with Crippen LogP contribution in [0.15, 0.2) is 17.2 Å². The van der Waals surface area contributed by atoms with Crippen LogP contribution in [0.25, 0.3) is 0 Å². The van der Waals surface area contributed by atoms with Crippen LogP contribution in [0, 0.1) is 0 Å². The number of aliphatic hydroxyl groups excluding tert-OH is 1. The van der Waals surface area contributed by atoms with Crippen molar-refractivity contribution in [2.75, 3.05) is 19.3 Å². The molecule has 2 rings (SSSR count). The second-order valence-electron chi connectivity index (χ2n) is 4.47. The molecular formula is C12H13F3N2O2S. The second-order valence-corrected chi connectivity index (χ2v) is 5.30. The molecule has 1 fully saturated rings. The summed E-state index contributed by atoms with van der Waals surface area (Å²) in [5, 5.41) is 9.53. The number of hydrogen-bond donors (Lipinski definition) is 1. The van der Waals surface area contributed by atoms with E-state index < -0.39 is 23.9 Å². The van der Waals surface area contributed by atoms with E-state index in [1.54, 1.807) is 6.26 Å². The molecule has 1 atom stereocenters. The Morgan fingerprint density at radius 2 is 2.20 bits per heavy atom. The van der Waals surface area contributed by atoms with E-state index in [0.29, 0.717) is 13.0 Å². The van der Waals surface area contributed by atoms with Gasteiger partial charge < -0.3 is 10.0 Å². The first-order chi connectivity index (χ1) is 9.31. The number of likely N-dealkylation sites (tertiary alicyclic amines) is 1. The van der Waals surface area contributed by atoms with Crippen molar-refractivity contribution < 1.29 is 23.1 Å². The first-order valence-corrected chi connectivity index (χ1v) is 7.14. The van der Waals surface area contributed by atoms with Crippen LogP contribution in [0.5, 0.6) is 0 Å². The van der Waals surface area contributed by atoms with E-state index in [2.05, 4.69) is 4.98 Å². The first-order valence-electron chi connectivity index (χ1n) is 5.92. The largest absolute Gasteiger partial charge is 0.433 e. The van der Waals surface area contributed by atoms with Crippen molar-refractivity contribution in [2.45, 2.75) is 23.7 Å². The van der Waals surface area contributed by atoms with Crippen LogP contribution in [-0.4, -0.2) is 46.3 Å². The lowest BCUT2D eigenvalue weighted by Gasteiger charge is -2.17. The van der Waals surface area contributed by atoms with Gasteiger partial charge in [0.15, 0.2) is 0 Å². The average Bonchev–Trinajstić information content (AvgIpc) is 2.83. The number of amides is 1. The molecule has 0 aromatic carbocycles. The number of rotatable bonds is 2. The van der Waals surface area contributed by atoms with E-state index in [0.717, 1.165) is 17.8 Å². The van der Waals surface area contributed by atoms with Crippen molar-refractivity contribution in [3.63, 3.8) is 0 Å². The minimum absolute atomic E-state index is 0.0502. The number of halogens is 3. The van der Waals surface area contributed by atoms with E-state index >= 15 is 0 Å². The van der Waals surface area contributed by atoms with Gasteiger partial charge in [-0.25, -0.2) is 4.98 Å². The molecule has 0 bridgehead atoms. The maximum Gasteiger partial charge on any atom is 0.433 e. The molecule has 1 N–H and O–H groups in total. The van der Waals surface area contributed by atoms with E-state index in [1.165, 1.54) is 11.0 Å². The number of carbonyl (C=O) groups is 1. The van der Waals surface area contributed by atoms with Crippen molar-refractivity contribution in [3.05, 3.63) is 23.4 Å². The summed E-state index contributed by atoms with van der Waals surface area (Å²) in [6.45, 7) is 0.495. The zero-order valence-corrected chi connectivity index (χ0v) is 11.5. The molecule has 1 aromatic rings. The zero-order valence-electron chi connectivity index (χ0n) is 10.6. The van der Waals surface area contributed by atoms with E-state index in [4.69, 9.17) is 0 Å². The number of aromatic nitrogens is 1. The fourth-order valence-corrected chi connectivity index (χ4v) is 2.42. The van der Waals surface area contributed by atoms with E-state index in [9.17, 15) is 23.1 Å². The van der Waals surface area contributed by atoms with Gasteiger partial charge in [-0.2, -0.15) is 13.2 Å². The van der Waals surface area contributed by atoms with Gasteiger partial charge in [-0.05, 0) is 24.8 Å². The monoisotopic (exact) mass is 306 g/mol. The van der Waals surface area contributed by atoms with Crippen molar-refractivity contribution in [2.24, 2.45) is 0 Å². The highest BCUT2D eigenvalue weighted by Crippen LogP contribution is 2.30. The maximum atomic E-state index is 12.8. The van der Waals surface area contributed by atoms with Crippen LogP contribution >= 0.6 is 11.8 Å². The lowest BCUT2D eigenvalue weighted by Crippen LogP contribution is -2.30. The molecular weight excluding hydrogens is 293 g/mol. The summed E-state index contributed by atoms with van der Waals surface area (Å²) in [6, 6.07) is 2.10. The van der Waals surface area contributed by atoms with E-state index in [-0.39, 0.29) is 17.1 Å². The van der Waals surface area contributed by atoms with Crippen LogP contribution < -0.4 is 0 Å². The van der Waals surface area contributed by atoms with Gasteiger partial charge in [-0.1, -0.05) is 0 Å². The lowest BCUT2D eigenvalue weighted by atomic mass is 10.2. The zero-order chi connectivity index (χ0) is 14.9. The summed E-state index contributed by atoms with van der Waals surface area (Å²) >= 11 is 1.04.